The van der Waals surface area contributed by atoms with Crippen LogP contribution in [0.1, 0.15) is 5.56 Å². The van der Waals surface area contributed by atoms with Gasteiger partial charge in [-0.3, -0.25) is 0 Å². The molecule has 2 aliphatic heterocycles. The van der Waals surface area contributed by atoms with E-state index in [1.54, 1.807) is 18.2 Å². The number of ether oxygens (including phenoxy) is 2. The summed E-state index contributed by atoms with van der Waals surface area (Å²) in [4.78, 5) is 1.67. The molecule has 11 nitrogen and oxygen atoms in total. The Balaban J connectivity index is 1.49. The number of morpholine rings is 1. The van der Waals surface area contributed by atoms with Crippen molar-refractivity contribution in [1.82, 2.24) is 4.72 Å². The minimum absolute atomic E-state index is 0.501. The van der Waals surface area contributed by atoms with Crippen molar-refractivity contribution in [2.24, 2.45) is 0 Å². The smallest absolute Gasteiger partial charge is 0.250 e. The highest BCUT2D eigenvalue weighted by Gasteiger charge is 2.43. The van der Waals surface area contributed by atoms with E-state index in [0.29, 0.717) is 18.8 Å². The largest absolute Gasteiger partial charge is 0.388 e. The molecular weight excluding hydrogens is 478 g/mol. The molecule has 2 heterocycles. The molecule has 4 rings (SSSR count). The number of anilines is 1. The number of hydrogen-bond donors (Lipinski definition) is 5. The number of benzene rings is 2. The molecule has 0 radical (unpaired) electrons. The summed E-state index contributed by atoms with van der Waals surface area (Å²) in [7, 11) is -4.30. The minimum Gasteiger partial charge on any atom is -0.388 e. The second-order valence-corrected chi connectivity index (χ2v) is 10.1. The van der Waals surface area contributed by atoms with E-state index >= 15 is 0 Å². The van der Waals surface area contributed by atoms with Crippen molar-refractivity contribution in [3.8, 4) is 6.07 Å². The van der Waals surface area contributed by atoms with Crippen LogP contribution in [0.3, 0.4) is 0 Å². The van der Waals surface area contributed by atoms with Gasteiger partial charge in [0, 0.05) is 25.3 Å². The molecule has 35 heavy (non-hydrogen) atoms. The molecule has 0 amide bonds. The highest BCUT2D eigenvalue weighted by molar-refractivity contribution is 7.93. The van der Waals surface area contributed by atoms with E-state index in [4.69, 9.17) is 9.47 Å². The zero-order valence-electron chi connectivity index (χ0n) is 18.7. The predicted octanol–water partition coefficient (Wildman–Crippen LogP) is -0.740. The second-order valence-electron chi connectivity index (χ2n) is 8.40. The van der Waals surface area contributed by atoms with Gasteiger partial charge in [-0.1, -0.05) is 18.2 Å². The number of nitrogens with one attached hydrogen (secondary N) is 1. The van der Waals surface area contributed by atoms with Crippen molar-refractivity contribution < 1.29 is 38.3 Å². The number of allylic oxidation sites excluding steroid dienone is 1. The van der Waals surface area contributed by atoms with Gasteiger partial charge in [0.1, 0.15) is 30.5 Å². The van der Waals surface area contributed by atoms with E-state index in [1.807, 2.05) is 24.3 Å². The summed E-state index contributed by atoms with van der Waals surface area (Å²) in [5.41, 5.74) is 1.57. The van der Waals surface area contributed by atoms with Gasteiger partial charge < -0.3 is 34.8 Å². The first kappa shape index (κ1) is 25.5. The lowest BCUT2D eigenvalue weighted by atomic mass is 9.99. The lowest BCUT2D eigenvalue weighted by molar-refractivity contribution is -0.279. The third-order valence-corrected chi connectivity index (χ3v) is 7.42. The van der Waals surface area contributed by atoms with E-state index in [0.717, 1.165) is 29.5 Å². The maximum absolute atomic E-state index is 12.7. The van der Waals surface area contributed by atoms with Crippen LogP contribution >= 0.6 is 0 Å². The highest BCUT2D eigenvalue weighted by atomic mass is 32.2. The summed E-state index contributed by atoms with van der Waals surface area (Å²) in [5, 5.41) is 50.2. The summed E-state index contributed by atoms with van der Waals surface area (Å²) in [6.45, 7) is 2.44. The Morgan fingerprint density at radius 1 is 1.06 bits per heavy atom. The average Bonchev–Trinajstić information content (AvgIpc) is 2.87. The lowest BCUT2D eigenvalue weighted by Crippen LogP contribution is -2.59. The Morgan fingerprint density at radius 3 is 2.46 bits per heavy atom. The Morgan fingerprint density at radius 2 is 1.74 bits per heavy atom. The molecule has 188 valence electrons. The summed E-state index contributed by atoms with van der Waals surface area (Å²) in [6, 6.07) is 13.0. The number of nitrogens with zero attached hydrogens (tertiary/aromatic N) is 2. The summed E-state index contributed by atoms with van der Waals surface area (Å²) in [5.74, 6) is 0. The number of sulfonamides is 1. The van der Waals surface area contributed by atoms with Crippen LogP contribution in [-0.2, 0) is 19.5 Å². The van der Waals surface area contributed by atoms with Crippen molar-refractivity contribution >= 4 is 32.6 Å². The van der Waals surface area contributed by atoms with Crippen molar-refractivity contribution in [2.45, 2.75) is 30.7 Å². The first-order chi connectivity index (χ1) is 16.7. The molecule has 0 bridgehead atoms. The highest BCUT2D eigenvalue weighted by Crippen LogP contribution is 2.25. The van der Waals surface area contributed by atoms with Crippen LogP contribution in [0.25, 0.3) is 16.8 Å². The Hall–Kier alpha value is -2.60. The van der Waals surface area contributed by atoms with Crippen molar-refractivity contribution in [3.63, 3.8) is 0 Å². The second kappa shape index (κ2) is 10.6. The van der Waals surface area contributed by atoms with Gasteiger partial charge in [-0.05, 0) is 40.6 Å². The molecule has 1 unspecified atom stereocenters. The van der Waals surface area contributed by atoms with Crippen LogP contribution in [0.2, 0.25) is 0 Å². The molecule has 5 N–H and O–H groups in total. The number of hydrogen-bond acceptors (Lipinski definition) is 10. The Labute approximate surface area is 202 Å². The van der Waals surface area contributed by atoms with E-state index in [2.05, 4.69) is 9.62 Å². The normalized spacial score (nSPS) is 28.1. The predicted molar refractivity (Wildman–Crippen MR) is 126 cm³/mol. The zero-order chi connectivity index (χ0) is 25.2. The fourth-order valence-electron chi connectivity index (χ4n) is 4.05. The SMILES string of the molecule is N#C/C(=C\c1ccc2cc(N3CCOCC3)ccc2c1)S(=O)(=O)NC[C@H]1OC(O)[C@H](O)[C@@H](O)[C@@H]1O. The number of aliphatic hydroxyl groups is 4. The molecule has 0 spiro atoms. The quantitative estimate of drug-likeness (QED) is 0.315. The minimum atomic E-state index is -4.30. The molecule has 2 aliphatic rings. The van der Waals surface area contributed by atoms with Gasteiger partial charge in [0.25, 0.3) is 10.0 Å². The Kier molecular flexibility index (Phi) is 7.70. The first-order valence-electron chi connectivity index (χ1n) is 11.1. The molecular formula is C23H27N3O8S. The molecule has 0 aromatic heterocycles. The van der Waals surface area contributed by atoms with E-state index in [-0.39, 0.29) is 0 Å². The van der Waals surface area contributed by atoms with Crippen molar-refractivity contribution in [2.75, 3.05) is 37.7 Å². The fourth-order valence-corrected chi connectivity index (χ4v) is 5.00. The third-order valence-electron chi connectivity index (χ3n) is 6.08. The maximum Gasteiger partial charge on any atom is 0.250 e. The van der Waals surface area contributed by atoms with Crippen molar-refractivity contribution in [1.29, 1.82) is 5.26 Å². The van der Waals surface area contributed by atoms with Crippen molar-refractivity contribution in [3.05, 3.63) is 46.9 Å². The van der Waals surface area contributed by atoms with Crippen LogP contribution in [0.5, 0.6) is 0 Å². The van der Waals surface area contributed by atoms with Gasteiger partial charge >= 0.3 is 0 Å². The van der Waals surface area contributed by atoms with Crippen LogP contribution in [-0.4, -0.2) is 92.4 Å². The standard InChI is InChI=1S/C23H27N3O8S/c24-12-18(35(31,32)25-13-19-20(27)21(28)22(29)23(30)34-19)10-14-1-2-16-11-17(4-3-15(16)9-14)26-5-7-33-8-6-26/h1-4,9-11,19-23,25,27-30H,5-8,13H2/b18-10+/t19-,20-,21+,22-,23?/m1/s1. The lowest BCUT2D eigenvalue weighted by Gasteiger charge is -2.38. The van der Waals surface area contributed by atoms with Crippen LogP contribution in [0.15, 0.2) is 41.3 Å². The molecule has 2 fully saturated rings. The van der Waals surface area contributed by atoms with Crippen LogP contribution in [0, 0.1) is 11.3 Å². The van der Waals surface area contributed by atoms with E-state index < -0.39 is 52.2 Å². The van der Waals surface area contributed by atoms with Gasteiger partial charge in [0.15, 0.2) is 11.2 Å². The van der Waals surface area contributed by atoms with Gasteiger partial charge in [-0.15, -0.1) is 0 Å². The monoisotopic (exact) mass is 505 g/mol. The summed E-state index contributed by atoms with van der Waals surface area (Å²) < 4.78 is 37.9. The van der Waals surface area contributed by atoms with Crippen LogP contribution in [0.4, 0.5) is 5.69 Å². The van der Waals surface area contributed by atoms with E-state index in [1.165, 1.54) is 6.08 Å². The van der Waals surface area contributed by atoms with Gasteiger partial charge in [-0.25, -0.2) is 13.1 Å². The van der Waals surface area contributed by atoms with E-state index in [9.17, 15) is 34.1 Å². The summed E-state index contributed by atoms with van der Waals surface area (Å²) in [6.07, 6.45) is -7.00. The zero-order valence-corrected chi connectivity index (χ0v) is 19.5. The fraction of sp³-hybridized carbons (Fsp3) is 0.435. The number of nitriles is 1. The van der Waals surface area contributed by atoms with Gasteiger partial charge in [-0.2, -0.15) is 5.26 Å². The molecule has 12 heteroatoms. The molecule has 5 atom stereocenters. The topological polar surface area (TPSA) is 173 Å². The first-order valence-corrected chi connectivity index (χ1v) is 12.5. The molecule has 0 saturated carbocycles. The molecule has 2 aromatic carbocycles. The number of fused-ring (bicyclic) bond motifs is 1. The summed E-state index contributed by atoms with van der Waals surface area (Å²) >= 11 is 0. The Bertz CT molecular complexity index is 1240. The van der Waals surface area contributed by atoms with Crippen LogP contribution < -0.4 is 9.62 Å². The number of rotatable bonds is 6. The maximum atomic E-state index is 12.7. The van der Waals surface area contributed by atoms with Gasteiger partial charge in [0.05, 0.1) is 13.2 Å². The van der Waals surface area contributed by atoms with Gasteiger partial charge in [0.2, 0.25) is 0 Å². The number of aliphatic hydroxyl groups excluding tert-OH is 4. The molecule has 2 aromatic rings. The third kappa shape index (κ3) is 5.64. The molecule has 0 aliphatic carbocycles. The molecule has 2 saturated heterocycles. The average molecular weight is 506 g/mol.